The Hall–Kier alpha value is -2.86. The maximum atomic E-state index is 12.7. The van der Waals surface area contributed by atoms with Crippen molar-refractivity contribution in [2.24, 2.45) is 0 Å². The van der Waals surface area contributed by atoms with Crippen LogP contribution in [0.1, 0.15) is 46.9 Å². The third kappa shape index (κ3) is 4.28. The molecule has 1 atom stereocenters. The molecule has 3 rings (SSSR count). The Morgan fingerprint density at radius 1 is 1.15 bits per heavy atom. The van der Waals surface area contributed by atoms with Gasteiger partial charge in [0.2, 0.25) is 5.82 Å². The molecule has 0 saturated carbocycles. The lowest BCUT2D eigenvalue weighted by molar-refractivity contribution is 0.0936. The number of rotatable bonds is 6. The summed E-state index contributed by atoms with van der Waals surface area (Å²) < 4.78 is 1.63. The van der Waals surface area contributed by atoms with Gasteiger partial charge in [-0.1, -0.05) is 36.7 Å². The third-order valence-electron chi connectivity index (χ3n) is 4.32. The summed E-state index contributed by atoms with van der Waals surface area (Å²) in [6.45, 7) is 4.26. The molecule has 0 saturated heterocycles. The standard InChI is InChI=1S/C20H21ClN4O2/c1-3-13(2)23-19(26)17-16-6-4-5-11-25(16)18(24-17)20(27)22-12-14-7-9-15(21)10-8-14/h4-11,13H,3,12H2,1-2H3,(H,22,27)(H,23,26). The molecule has 2 heterocycles. The number of fused-ring (bicyclic) bond motifs is 1. The van der Waals surface area contributed by atoms with Gasteiger partial charge in [-0.15, -0.1) is 0 Å². The number of carbonyl (C=O) groups excluding carboxylic acids is 2. The van der Waals surface area contributed by atoms with Gasteiger partial charge in [0.05, 0.1) is 5.52 Å². The largest absolute Gasteiger partial charge is 0.348 e. The van der Waals surface area contributed by atoms with Crippen molar-refractivity contribution < 1.29 is 9.59 Å². The fraction of sp³-hybridized carbons (Fsp3) is 0.250. The van der Waals surface area contributed by atoms with Gasteiger partial charge in [-0.2, -0.15) is 0 Å². The summed E-state index contributed by atoms with van der Waals surface area (Å²) in [6.07, 6.45) is 2.53. The van der Waals surface area contributed by atoms with Crippen molar-refractivity contribution in [2.75, 3.05) is 0 Å². The summed E-state index contributed by atoms with van der Waals surface area (Å²) in [5, 5.41) is 6.37. The second kappa shape index (κ2) is 8.22. The SMILES string of the molecule is CCC(C)NC(=O)c1nc(C(=O)NCc2ccc(Cl)cc2)n2ccccc12. The van der Waals surface area contributed by atoms with Crippen LogP contribution in [0.2, 0.25) is 5.02 Å². The quantitative estimate of drug-likeness (QED) is 0.683. The van der Waals surface area contributed by atoms with Gasteiger partial charge in [0.1, 0.15) is 0 Å². The first-order valence-electron chi connectivity index (χ1n) is 8.80. The summed E-state index contributed by atoms with van der Waals surface area (Å²) in [5.74, 6) is -0.465. The zero-order valence-electron chi connectivity index (χ0n) is 15.2. The number of nitrogens with one attached hydrogen (secondary N) is 2. The maximum Gasteiger partial charge on any atom is 0.287 e. The summed E-state index contributed by atoms with van der Waals surface area (Å²) in [5.41, 5.74) is 1.76. The van der Waals surface area contributed by atoms with E-state index >= 15 is 0 Å². The van der Waals surface area contributed by atoms with Crippen LogP contribution in [0.25, 0.3) is 5.52 Å². The van der Waals surface area contributed by atoms with E-state index in [-0.39, 0.29) is 29.4 Å². The average Bonchev–Trinajstić information content (AvgIpc) is 3.07. The number of amides is 2. The molecule has 6 nitrogen and oxygen atoms in total. The van der Waals surface area contributed by atoms with Gasteiger partial charge >= 0.3 is 0 Å². The van der Waals surface area contributed by atoms with Crippen LogP contribution in [-0.4, -0.2) is 27.2 Å². The Bertz CT molecular complexity index is 966. The zero-order valence-corrected chi connectivity index (χ0v) is 16.0. The van der Waals surface area contributed by atoms with Gasteiger partial charge in [-0.3, -0.25) is 14.0 Å². The lowest BCUT2D eigenvalue weighted by atomic mass is 10.2. The molecule has 2 N–H and O–H groups in total. The molecule has 7 heteroatoms. The summed E-state index contributed by atoms with van der Waals surface area (Å²) in [6, 6.07) is 12.6. The van der Waals surface area contributed by atoms with Gasteiger partial charge in [-0.05, 0) is 43.2 Å². The number of hydrogen-bond donors (Lipinski definition) is 2. The lowest BCUT2D eigenvalue weighted by Gasteiger charge is -2.09. The number of benzene rings is 1. The molecule has 27 heavy (non-hydrogen) atoms. The molecule has 0 aliphatic carbocycles. The minimum Gasteiger partial charge on any atom is -0.348 e. The van der Waals surface area contributed by atoms with Crippen LogP contribution in [0.5, 0.6) is 0 Å². The van der Waals surface area contributed by atoms with Crippen molar-refractivity contribution in [3.8, 4) is 0 Å². The van der Waals surface area contributed by atoms with Crippen molar-refractivity contribution in [3.05, 3.63) is 70.8 Å². The molecule has 2 amide bonds. The topological polar surface area (TPSA) is 75.5 Å². The molecule has 0 aliphatic rings. The first-order chi connectivity index (χ1) is 13.0. The average molecular weight is 385 g/mol. The molecule has 140 valence electrons. The first kappa shape index (κ1) is 18.9. The third-order valence-corrected chi connectivity index (χ3v) is 4.57. The number of pyridine rings is 1. The maximum absolute atomic E-state index is 12.7. The predicted octanol–water partition coefficient (Wildman–Crippen LogP) is 3.45. The first-order valence-corrected chi connectivity index (χ1v) is 9.18. The van der Waals surface area contributed by atoms with Gasteiger partial charge in [-0.25, -0.2) is 4.98 Å². The fourth-order valence-corrected chi connectivity index (χ4v) is 2.75. The Morgan fingerprint density at radius 3 is 2.59 bits per heavy atom. The molecule has 0 fully saturated rings. The number of imidazole rings is 1. The molecule has 0 bridgehead atoms. The molecular formula is C20H21ClN4O2. The molecule has 0 radical (unpaired) electrons. The molecule has 0 spiro atoms. The molecule has 3 aromatic rings. The number of halogens is 1. The molecule has 2 aromatic heterocycles. The molecule has 0 aliphatic heterocycles. The second-order valence-corrected chi connectivity index (χ2v) is 6.77. The minimum absolute atomic E-state index is 0.0279. The van der Waals surface area contributed by atoms with Crippen LogP contribution in [0.4, 0.5) is 0 Å². The van der Waals surface area contributed by atoms with Crippen LogP contribution in [0.15, 0.2) is 48.7 Å². The van der Waals surface area contributed by atoms with Crippen molar-refractivity contribution in [1.29, 1.82) is 0 Å². The number of carbonyl (C=O) groups is 2. The van der Waals surface area contributed by atoms with Crippen molar-refractivity contribution >= 4 is 28.9 Å². The van der Waals surface area contributed by atoms with Crippen LogP contribution >= 0.6 is 11.6 Å². The highest BCUT2D eigenvalue weighted by atomic mass is 35.5. The molecular weight excluding hydrogens is 364 g/mol. The predicted molar refractivity (Wildman–Crippen MR) is 105 cm³/mol. The van der Waals surface area contributed by atoms with Gasteiger partial charge in [0.25, 0.3) is 11.8 Å². The lowest BCUT2D eigenvalue weighted by Crippen LogP contribution is -2.32. The minimum atomic E-state index is -0.353. The Morgan fingerprint density at radius 2 is 1.89 bits per heavy atom. The summed E-state index contributed by atoms with van der Waals surface area (Å²) in [4.78, 5) is 29.5. The van der Waals surface area contributed by atoms with E-state index in [1.54, 1.807) is 34.9 Å². The summed E-state index contributed by atoms with van der Waals surface area (Å²) >= 11 is 5.88. The van der Waals surface area contributed by atoms with Crippen molar-refractivity contribution in [1.82, 2.24) is 20.0 Å². The highest BCUT2D eigenvalue weighted by molar-refractivity contribution is 6.30. The van der Waals surface area contributed by atoms with Gasteiger partial charge < -0.3 is 10.6 Å². The summed E-state index contributed by atoms with van der Waals surface area (Å²) in [7, 11) is 0. The van der Waals surface area contributed by atoms with Gasteiger partial charge in [0.15, 0.2) is 5.69 Å². The van der Waals surface area contributed by atoms with E-state index in [9.17, 15) is 9.59 Å². The second-order valence-electron chi connectivity index (χ2n) is 6.33. The van der Waals surface area contributed by atoms with Crippen molar-refractivity contribution in [2.45, 2.75) is 32.9 Å². The molecule has 1 aromatic carbocycles. The Labute approximate surface area is 162 Å². The highest BCUT2D eigenvalue weighted by Crippen LogP contribution is 2.14. The Kier molecular flexibility index (Phi) is 5.76. The van der Waals surface area contributed by atoms with E-state index < -0.39 is 0 Å². The van der Waals surface area contributed by atoms with E-state index in [0.29, 0.717) is 17.1 Å². The van der Waals surface area contributed by atoms with E-state index in [0.717, 1.165) is 12.0 Å². The van der Waals surface area contributed by atoms with Crippen LogP contribution < -0.4 is 10.6 Å². The van der Waals surface area contributed by atoms with E-state index in [1.165, 1.54) is 0 Å². The highest BCUT2D eigenvalue weighted by Gasteiger charge is 2.21. The number of hydrogen-bond acceptors (Lipinski definition) is 3. The zero-order chi connectivity index (χ0) is 19.4. The number of nitrogens with zero attached hydrogens (tertiary/aromatic N) is 2. The van der Waals surface area contributed by atoms with Gasteiger partial charge in [0, 0.05) is 23.8 Å². The van der Waals surface area contributed by atoms with E-state index in [1.807, 2.05) is 32.0 Å². The van der Waals surface area contributed by atoms with Crippen LogP contribution in [-0.2, 0) is 6.54 Å². The fourth-order valence-electron chi connectivity index (χ4n) is 2.62. The molecule has 1 unspecified atom stereocenters. The number of aromatic nitrogens is 2. The van der Waals surface area contributed by atoms with Crippen LogP contribution in [0, 0.1) is 0 Å². The van der Waals surface area contributed by atoms with E-state index in [2.05, 4.69) is 15.6 Å². The van der Waals surface area contributed by atoms with Crippen LogP contribution in [0.3, 0.4) is 0 Å². The van der Waals surface area contributed by atoms with Crippen molar-refractivity contribution in [3.63, 3.8) is 0 Å². The monoisotopic (exact) mass is 384 g/mol. The normalized spacial score (nSPS) is 12.0. The smallest absolute Gasteiger partial charge is 0.287 e. The Balaban J connectivity index is 1.84. The van der Waals surface area contributed by atoms with E-state index in [4.69, 9.17) is 11.6 Å².